The number of methoxy groups -OCH3 is 2. The Hall–Kier alpha value is -2.54. The number of ether oxygens (including phenoxy) is 2. The highest BCUT2D eigenvalue weighted by Crippen LogP contribution is 2.22. The minimum atomic E-state index is -0.753. The first-order valence-electron chi connectivity index (χ1n) is 7.51. The second-order valence-electron chi connectivity index (χ2n) is 5.09. The van der Waals surface area contributed by atoms with Gasteiger partial charge in [0.1, 0.15) is 11.5 Å². The van der Waals surface area contributed by atoms with Gasteiger partial charge in [0.2, 0.25) is 6.10 Å². The lowest BCUT2D eigenvalue weighted by atomic mass is 10.2. The second kappa shape index (κ2) is 9.08. The molecule has 2 rings (SSSR count). The number of carbonyl (C=O) groups is 1. The normalized spacial score (nSPS) is 11.8. The largest absolute Gasteiger partial charge is 0.497 e. The summed E-state index contributed by atoms with van der Waals surface area (Å²) in [5.74, 6) is 1.00. The van der Waals surface area contributed by atoms with Crippen LogP contribution in [0.4, 0.5) is 5.69 Å². The van der Waals surface area contributed by atoms with Gasteiger partial charge in [-0.25, -0.2) is 0 Å². The Balaban J connectivity index is 1.96. The monoisotopic (exact) mass is 406 g/mol. The molecule has 0 aromatic heterocycles. The number of rotatable bonds is 7. The number of hydrogen-bond donors (Lipinski definition) is 1. The predicted octanol–water partition coefficient (Wildman–Crippen LogP) is 3.84. The fourth-order valence-corrected chi connectivity index (χ4v) is 2.21. The SMILES string of the molecule is COc1ccc(OC)c(/C=N/OC(C)C(=O)Nc2ccc(Br)cc2)c1. The van der Waals surface area contributed by atoms with Gasteiger partial charge < -0.3 is 19.6 Å². The van der Waals surface area contributed by atoms with Crippen LogP contribution in [0.3, 0.4) is 0 Å². The van der Waals surface area contributed by atoms with E-state index in [2.05, 4.69) is 26.4 Å². The molecule has 0 aliphatic heterocycles. The molecule has 7 heteroatoms. The van der Waals surface area contributed by atoms with Gasteiger partial charge >= 0.3 is 0 Å². The number of hydrogen-bond acceptors (Lipinski definition) is 5. The van der Waals surface area contributed by atoms with Crippen LogP contribution in [0, 0.1) is 0 Å². The van der Waals surface area contributed by atoms with Gasteiger partial charge in [-0.05, 0) is 49.4 Å². The summed E-state index contributed by atoms with van der Waals surface area (Å²) in [5.41, 5.74) is 1.37. The van der Waals surface area contributed by atoms with Crippen LogP contribution in [0.15, 0.2) is 52.1 Å². The lowest BCUT2D eigenvalue weighted by Crippen LogP contribution is -2.26. The summed E-state index contributed by atoms with van der Waals surface area (Å²) in [6.45, 7) is 1.62. The molecular weight excluding hydrogens is 388 g/mol. The maximum atomic E-state index is 12.1. The van der Waals surface area contributed by atoms with E-state index in [0.717, 1.165) is 4.47 Å². The standard InChI is InChI=1S/C18H19BrN2O4/c1-12(18(22)21-15-6-4-14(19)5-7-15)25-20-11-13-10-16(23-2)8-9-17(13)24-3/h4-12H,1-3H3,(H,21,22)/b20-11+. The highest BCUT2D eigenvalue weighted by Gasteiger charge is 2.14. The van der Waals surface area contributed by atoms with E-state index in [1.807, 2.05) is 12.1 Å². The van der Waals surface area contributed by atoms with Crippen LogP contribution >= 0.6 is 15.9 Å². The van der Waals surface area contributed by atoms with Crippen molar-refractivity contribution in [3.05, 3.63) is 52.5 Å². The van der Waals surface area contributed by atoms with Crippen molar-refractivity contribution in [1.82, 2.24) is 0 Å². The second-order valence-corrected chi connectivity index (χ2v) is 6.00. The molecule has 2 aromatic carbocycles. The van der Waals surface area contributed by atoms with Crippen LogP contribution < -0.4 is 14.8 Å². The fourth-order valence-electron chi connectivity index (χ4n) is 1.94. The average molecular weight is 407 g/mol. The lowest BCUT2D eigenvalue weighted by Gasteiger charge is -2.11. The van der Waals surface area contributed by atoms with Crippen LogP contribution in [0.25, 0.3) is 0 Å². The van der Waals surface area contributed by atoms with Crippen LogP contribution in [-0.2, 0) is 9.63 Å². The maximum Gasteiger partial charge on any atom is 0.267 e. The number of halogens is 1. The first-order chi connectivity index (χ1) is 12.0. The van der Waals surface area contributed by atoms with Gasteiger partial charge in [-0.2, -0.15) is 0 Å². The third-order valence-electron chi connectivity index (χ3n) is 3.33. The molecular formula is C18H19BrN2O4. The summed E-state index contributed by atoms with van der Waals surface area (Å²) < 4.78 is 11.4. The minimum Gasteiger partial charge on any atom is -0.497 e. The first kappa shape index (κ1) is 18.8. The van der Waals surface area contributed by atoms with Gasteiger partial charge in [0.15, 0.2) is 0 Å². The number of benzene rings is 2. The van der Waals surface area contributed by atoms with Gasteiger partial charge in [-0.3, -0.25) is 4.79 Å². The van der Waals surface area contributed by atoms with Crippen molar-refractivity contribution in [1.29, 1.82) is 0 Å². The van der Waals surface area contributed by atoms with E-state index in [1.165, 1.54) is 6.21 Å². The summed E-state index contributed by atoms with van der Waals surface area (Å²) in [6, 6.07) is 12.6. The summed E-state index contributed by atoms with van der Waals surface area (Å²) in [6.07, 6.45) is 0.724. The number of nitrogens with zero attached hydrogens (tertiary/aromatic N) is 1. The van der Waals surface area contributed by atoms with Crippen molar-refractivity contribution in [3.63, 3.8) is 0 Å². The molecule has 0 saturated carbocycles. The molecule has 0 aliphatic carbocycles. The summed E-state index contributed by atoms with van der Waals surface area (Å²) in [5, 5.41) is 6.63. The molecule has 6 nitrogen and oxygen atoms in total. The third-order valence-corrected chi connectivity index (χ3v) is 3.86. The number of carbonyl (C=O) groups excluding carboxylic acids is 1. The van der Waals surface area contributed by atoms with Gasteiger partial charge in [0.05, 0.1) is 20.4 Å². The molecule has 132 valence electrons. The van der Waals surface area contributed by atoms with Crippen molar-refractivity contribution in [3.8, 4) is 11.5 Å². The van der Waals surface area contributed by atoms with Gasteiger partial charge in [-0.15, -0.1) is 0 Å². The van der Waals surface area contributed by atoms with E-state index in [-0.39, 0.29) is 5.91 Å². The van der Waals surface area contributed by atoms with Gasteiger partial charge in [0.25, 0.3) is 5.91 Å². The fraction of sp³-hybridized carbons (Fsp3) is 0.222. The van der Waals surface area contributed by atoms with Crippen molar-refractivity contribution < 1.29 is 19.1 Å². The Morgan fingerprint density at radius 3 is 2.52 bits per heavy atom. The molecule has 0 radical (unpaired) electrons. The molecule has 1 atom stereocenters. The third kappa shape index (κ3) is 5.49. The summed E-state index contributed by atoms with van der Waals surface area (Å²) in [4.78, 5) is 17.3. The van der Waals surface area contributed by atoms with Gasteiger partial charge in [0, 0.05) is 15.7 Å². The maximum absolute atomic E-state index is 12.1. The zero-order valence-corrected chi connectivity index (χ0v) is 15.7. The quantitative estimate of drug-likeness (QED) is 0.559. The van der Waals surface area contributed by atoms with Gasteiger partial charge in [-0.1, -0.05) is 21.1 Å². The Kier molecular flexibility index (Phi) is 6.82. The molecule has 25 heavy (non-hydrogen) atoms. The molecule has 0 aliphatic rings. The van der Waals surface area contributed by atoms with E-state index in [0.29, 0.717) is 22.7 Å². The Morgan fingerprint density at radius 1 is 1.16 bits per heavy atom. The Morgan fingerprint density at radius 2 is 1.88 bits per heavy atom. The van der Waals surface area contributed by atoms with Crippen molar-refractivity contribution in [2.24, 2.45) is 5.16 Å². The Bertz CT molecular complexity index is 747. The molecule has 0 fully saturated rings. The highest BCUT2D eigenvalue weighted by atomic mass is 79.9. The zero-order chi connectivity index (χ0) is 18.2. The van der Waals surface area contributed by atoms with E-state index in [1.54, 1.807) is 51.5 Å². The zero-order valence-electron chi connectivity index (χ0n) is 14.2. The van der Waals surface area contributed by atoms with E-state index >= 15 is 0 Å². The highest BCUT2D eigenvalue weighted by molar-refractivity contribution is 9.10. The number of oxime groups is 1. The van der Waals surface area contributed by atoms with Crippen LogP contribution in [0.2, 0.25) is 0 Å². The van der Waals surface area contributed by atoms with Crippen LogP contribution in [0.1, 0.15) is 12.5 Å². The minimum absolute atomic E-state index is 0.294. The molecule has 1 unspecified atom stereocenters. The molecule has 1 amide bonds. The van der Waals surface area contributed by atoms with E-state index < -0.39 is 6.10 Å². The van der Waals surface area contributed by atoms with Crippen LogP contribution in [0.5, 0.6) is 11.5 Å². The van der Waals surface area contributed by atoms with E-state index in [4.69, 9.17) is 14.3 Å². The topological polar surface area (TPSA) is 69.1 Å². The first-order valence-corrected chi connectivity index (χ1v) is 8.30. The number of anilines is 1. The van der Waals surface area contributed by atoms with Crippen molar-refractivity contribution in [2.45, 2.75) is 13.0 Å². The lowest BCUT2D eigenvalue weighted by molar-refractivity contribution is -0.126. The Labute approximate surface area is 154 Å². The predicted molar refractivity (Wildman–Crippen MR) is 100 cm³/mol. The van der Waals surface area contributed by atoms with E-state index in [9.17, 15) is 4.79 Å². The number of amides is 1. The molecule has 0 saturated heterocycles. The average Bonchev–Trinajstić information content (AvgIpc) is 2.63. The van der Waals surface area contributed by atoms with Crippen molar-refractivity contribution >= 4 is 33.7 Å². The molecule has 0 bridgehead atoms. The molecule has 1 N–H and O–H groups in total. The van der Waals surface area contributed by atoms with Crippen molar-refractivity contribution in [2.75, 3.05) is 19.5 Å². The summed E-state index contributed by atoms with van der Waals surface area (Å²) >= 11 is 3.34. The smallest absolute Gasteiger partial charge is 0.267 e. The van der Waals surface area contributed by atoms with Crippen LogP contribution in [-0.4, -0.2) is 32.4 Å². The molecule has 2 aromatic rings. The number of nitrogens with one attached hydrogen (secondary N) is 1. The summed E-state index contributed by atoms with van der Waals surface area (Å²) in [7, 11) is 3.14. The molecule has 0 spiro atoms. The molecule has 0 heterocycles.